The van der Waals surface area contributed by atoms with Crippen LogP contribution in [0.3, 0.4) is 0 Å². The lowest BCUT2D eigenvalue weighted by Gasteiger charge is -2.29. The quantitative estimate of drug-likeness (QED) is 0.302. The summed E-state index contributed by atoms with van der Waals surface area (Å²) in [6, 6.07) is 8.15. The van der Waals surface area contributed by atoms with Crippen LogP contribution in [0.1, 0.15) is 58.6 Å². The molecule has 1 aliphatic heterocycles. The van der Waals surface area contributed by atoms with E-state index in [0.717, 1.165) is 30.6 Å². The number of para-hydroxylation sites is 1. The van der Waals surface area contributed by atoms with Gasteiger partial charge in [-0.2, -0.15) is 0 Å². The summed E-state index contributed by atoms with van der Waals surface area (Å²) in [5.41, 5.74) is 0.621. The molecule has 0 saturated heterocycles. The molecule has 2 atom stereocenters. The molecule has 7 nitrogen and oxygen atoms in total. The number of hydrogen-bond donors (Lipinski definition) is 3. The van der Waals surface area contributed by atoms with E-state index in [1.165, 1.54) is 0 Å². The van der Waals surface area contributed by atoms with Crippen LogP contribution >= 0.6 is 24.0 Å². The van der Waals surface area contributed by atoms with Crippen LogP contribution in [-0.2, 0) is 4.74 Å². The number of carbonyl (C=O) groups is 1. The summed E-state index contributed by atoms with van der Waals surface area (Å²) < 4.78 is 11.1. The summed E-state index contributed by atoms with van der Waals surface area (Å²) in [4.78, 5) is 16.4. The van der Waals surface area contributed by atoms with Crippen LogP contribution in [0.5, 0.6) is 5.75 Å². The summed E-state index contributed by atoms with van der Waals surface area (Å²) in [5, 5.41) is 9.74. The van der Waals surface area contributed by atoms with Gasteiger partial charge in [0.1, 0.15) is 11.4 Å². The summed E-state index contributed by atoms with van der Waals surface area (Å²) in [5.74, 6) is 1.62. The molecule has 0 spiro atoms. The molecule has 1 aromatic carbocycles. The van der Waals surface area contributed by atoms with Gasteiger partial charge >= 0.3 is 6.09 Å². The number of nitrogens with zero attached hydrogens (tertiary/aromatic N) is 1. The van der Waals surface area contributed by atoms with Crippen molar-refractivity contribution >= 4 is 36.0 Å². The molecule has 0 bridgehead atoms. The topological polar surface area (TPSA) is 84.0 Å². The number of ether oxygens (including phenoxy) is 2. The number of benzene rings is 1. The van der Waals surface area contributed by atoms with Crippen molar-refractivity contribution in [3.63, 3.8) is 0 Å². The van der Waals surface area contributed by atoms with Gasteiger partial charge in [-0.1, -0.05) is 31.5 Å². The zero-order chi connectivity index (χ0) is 20.6. The van der Waals surface area contributed by atoms with Gasteiger partial charge in [-0.3, -0.25) is 4.99 Å². The van der Waals surface area contributed by atoms with E-state index < -0.39 is 11.7 Å². The smallest absolute Gasteiger partial charge is 0.407 e. The highest BCUT2D eigenvalue weighted by Crippen LogP contribution is 2.31. The molecule has 0 fully saturated rings. The number of guanidine groups is 1. The van der Waals surface area contributed by atoms with Crippen molar-refractivity contribution in [3.8, 4) is 5.75 Å². The molecule has 1 aromatic rings. The molecule has 29 heavy (non-hydrogen) atoms. The Balaban J connectivity index is 0.00000420. The molecule has 3 N–H and O–H groups in total. The molecule has 1 aliphatic rings. The van der Waals surface area contributed by atoms with Gasteiger partial charge in [-0.05, 0) is 33.3 Å². The fraction of sp³-hybridized carbons (Fsp3) is 0.619. The van der Waals surface area contributed by atoms with E-state index in [9.17, 15) is 4.79 Å². The van der Waals surface area contributed by atoms with Crippen molar-refractivity contribution in [1.82, 2.24) is 16.0 Å². The number of rotatable bonds is 6. The fourth-order valence-corrected chi connectivity index (χ4v) is 3.12. The predicted molar refractivity (Wildman–Crippen MR) is 127 cm³/mol. The zero-order valence-electron chi connectivity index (χ0n) is 18.1. The molecule has 0 saturated carbocycles. The molecule has 0 aliphatic carbocycles. The first-order valence-electron chi connectivity index (χ1n) is 10.0. The third kappa shape index (κ3) is 8.67. The number of nitrogens with one attached hydrogen (secondary N) is 3. The number of amides is 1. The molecular formula is C21H35IN4O3. The normalized spacial score (nSPS) is 17.1. The Bertz CT molecular complexity index is 676. The largest absolute Gasteiger partial charge is 0.493 e. The van der Waals surface area contributed by atoms with Gasteiger partial charge in [0.2, 0.25) is 0 Å². The Kier molecular flexibility index (Phi) is 10.6. The summed E-state index contributed by atoms with van der Waals surface area (Å²) in [7, 11) is 1.75. The highest BCUT2D eigenvalue weighted by molar-refractivity contribution is 14.0. The fourth-order valence-electron chi connectivity index (χ4n) is 3.12. The maximum atomic E-state index is 12.1. The average molecular weight is 518 g/mol. The first-order valence-corrected chi connectivity index (χ1v) is 10.0. The first-order chi connectivity index (χ1) is 13.3. The van der Waals surface area contributed by atoms with E-state index in [-0.39, 0.29) is 36.1 Å². The van der Waals surface area contributed by atoms with Gasteiger partial charge in [-0.15, -0.1) is 24.0 Å². The summed E-state index contributed by atoms with van der Waals surface area (Å²) in [6.07, 6.45) is 2.28. The molecule has 1 amide bonds. The standard InChI is InChI=1S/C21H34N4O3.HI/c1-6-9-15(24-20(26)28-21(2,3)4)14-23-19(22-5)25-17-12-13-27-18-11-8-7-10-16(17)18;/h7-8,10-11,15,17H,6,9,12-14H2,1-5H3,(H,24,26)(H2,22,23,25);1H. The summed E-state index contributed by atoms with van der Waals surface area (Å²) >= 11 is 0. The minimum absolute atomic E-state index is 0. The van der Waals surface area contributed by atoms with Gasteiger partial charge in [0.05, 0.1) is 12.6 Å². The first kappa shape index (κ1) is 25.3. The third-order valence-corrected chi connectivity index (χ3v) is 4.37. The maximum Gasteiger partial charge on any atom is 0.407 e. The number of alkyl carbamates (subject to hydrolysis) is 1. The Morgan fingerprint density at radius 2 is 2.07 bits per heavy atom. The number of fused-ring (bicyclic) bond motifs is 1. The van der Waals surface area contributed by atoms with Crippen LogP contribution < -0.4 is 20.7 Å². The van der Waals surface area contributed by atoms with Crippen LogP contribution in [-0.4, -0.2) is 43.9 Å². The average Bonchev–Trinajstić information content (AvgIpc) is 2.63. The minimum Gasteiger partial charge on any atom is -0.493 e. The van der Waals surface area contributed by atoms with Gasteiger partial charge in [0, 0.05) is 31.6 Å². The van der Waals surface area contributed by atoms with Crippen LogP contribution in [0.25, 0.3) is 0 Å². The number of carbonyl (C=O) groups excluding carboxylic acids is 1. The van der Waals surface area contributed by atoms with Crippen molar-refractivity contribution < 1.29 is 14.3 Å². The van der Waals surface area contributed by atoms with E-state index in [1.54, 1.807) is 7.05 Å². The molecule has 0 aromatic heterocycles. The predicted octanol–water partition coefficient (Wildman–Crippen LogP) is 3.99. The van der Waals surface area contributed by atoms with E-state index in [0.29, 0.717) is 19.1 Å². The Morgan fingerprint density at radius 3 is 2.72 bits per heavy atom. The number of halogens is 1. The van der Waals surface area contributed by atoms with E-state index in [2.05, 4.69) is 33.9 Å². The molecule has 2 rings (SSSR count). The van der Waals surface area contributed by atoms with Crippen molar-refractivity contribution in [1.29, 1.82) is 0 Å². The second kappa shape index (κ2) is 12.1. The van der Waals surface area contributed by atoms with Gasteiger partial charge in [0.15, 0.2) is 5.96 Å². The van der Waals surface area contributed by atoms with Crippen molar-refractivity contribution in [2.24, 2.45) is 4.99 Å². The van der Waals surface area contributed by atoms with Gasteiger partial charge in [-0.25, -0.2) is 4.79 Å². The second-order valence-electron chi connectivity index (χ2n) is 7.96. The van der Waals surface area contributed by atoms with Crippen LogP contribution in [0, 0.1) is 0 Å². The van der Waals surface area contributed by atoms with E-state index >= 15 is 0 Å². The molecule has 8 heteroatoms. The van der Waals surface area contributed by atoms with Crippen molar-refractivity contribution in [2.45, 2.75) is 64.6 Å². The lowest BCUT2D eigenvalue weighted by Crippen LogP contribution is -2.49. The van der Waals surface area contributed by atoms with Gasteiger partial charge < -0.3 is 25.4 Å². The number of hydrogen-bond acceptors (Lipinski definition) is 4. The monoisotopic (exact) mass is 518 g/mol. The molecular weight excluding hydrogens is 483 g/mol. The summed E-state index contributed by atoms with van der Waals surface area (Å²) in [6.45, 7) is 8.91. The highest BCUT2D eigenvalue weighted by Gasteiger charge is 2.23. The number of aliphatic imine (C=N–C) groups is 1. The molecule has 164 valence electrons. The van der Waals surface area contributed by atoms with Crippen LogP contribution in [0.2, 0.25) is 0 Å². The zero-order valence-corrected chi connectivity index (χ0v) is 20.4. The minimum atomic E-state index is -0.512. The Hall–Kier alpha value is -1.71. The van der Waals surface area contributed by atoms with Gasteiger partial charge in [0.25, 0.3) is 0 Å². The molecule has 2 unspecified atom stereocenters. The lowest BCUT2D eigenvalue weighted by molar-refractivity contribution is 0.0502. The maximum absolute atomic E-state index is 12.1. The third-order valence-electron chi connectivity index (χ3n) is 4.37. The molecule has 1 heterocycles. The highest BCUT2D eigenvalue weighted by atomic mass is 127. The van der Waals surface area contributed by atoms with Crippen molar-refractivity contribution in [3.05, 3.63) is 29.8 Å². The van der Waals surface area contributed by atoms with E-state index in [1.807, 2.05) is 39.0 Å². The van der Waals surface area contributed by atoms with Crippen LogP contribution in [0.4, 0.5) is 4.79 Å². The van der Waals surface area contributed by atoms with Crippen LogP contribution in [0.15, 0.2) is 29.3 Å². The van der Waals surface area contributed by atoms with E-state index in [4.69, 9.17) is 9.47 Å². The second-order valence-corrected chi connectivity index (χ2v) is 7.96. The molecule has 0 radical (unpaired) electrons. The SMILES string of the molecule is CCCC(CNC(=NC)NC1CCOc2ccccc21)NC(=O)OC(C)(C)C.I. The van der Waals surface area contributed by atoms with Crippen molar-refractivity contribution in [2.75, 3.05) is 20.2 Å². The Labute approximate surface area is 191 Å². The Morgan fingerprint density at radius 1 is 1.34 bits per heavy atom. The lowest BCUT2D eigenvalue weighted by atomic mass is 10.0.